The van der Waals surface area contributed by atoms with Crippen LogP contribution >= 0.6 is 0 Å². The van der Waals surface area contributed by atoms with E-state index in [0.717, 1.165) is 25.7 Å². The highest BCUT2D eigenvalue weighted by atomic mass is 16.5. The fourth-order valence-electron chi connectivity index (χ4n) is 1.60. The van der Waals surface area contributed by atoms with Crippen LogP contribution in [0.5, 0.6) is 0 Å². The van der Waals surface area contributed by atoms with Gasteiger partial charge in [-0.3, -0.25) is 4.79 Å². The molecule has 2 N–H and O–H groups in total. The van der Waals surface area contributed by atoms with Crippen LogP contribution in [0.25, 0.3) is 0 Å². The zero-order chi connectivity index (χ0) is 9.19. The van der Waals surface area contributed by atoms with E-state index in [9.17, 15) is 4.79 Å². The summed E-state index contributed by atoms with van der Waals surface area (Å²) in [5.41, 5.74) is 5.89. The zero-order valence-electron chi connectivity index (χ0n) is 7.80. The normalized spacial score (nSPS) is 36.1. The van der Waals surface area contributed by atoms with Crippen LogP contribution < -0.4 is 5.73 Å². The lowest BCUT2D eigenvalue weighted by atomic mass is 9.83. The lowest BCUT2D eigenvalue weighted by Crippen LogP contribution is -2.42. The van der Waals surface area contributed by atoms with E-state index >= 15 is 0 Å². The summed E-state index contributed by atoms with van der Waals surface area (Å²) in [5.74, 6) is -0.180. The molecule has 0 aliphatic heterocycles. The van der Waals surface area contributed by atoms with Crippen LogP contribution in [0, 0.1) is 0 Å². The quantitative estimate of drug-likeness (QED) is 0.603. The number of nitrogens with two attached hydrogens (primary N) is 1. The fraction of sp³-hybridized carbons (Fsp3) is 0.889. The first-order valence-electron chi connectivity index (χ1n) is 4.46. The largest absolute Gasteiger partial charge is 0.463 e. The number of carbonyl (C=O) groups excluding carboxylic acids is 1. The molecule has 1 aliphatic rings. The topological polar surface area (TPSA) is 52.3 Å². The Morgan fingerprint density at radius 2 is 2.00 bits per heavy atom. The lowest BCUT2D eigenvalue weighted by Gasteiger charge is -2.33. The Hall–Kier alpha value is -0.570. The van der Waals surface area contributed by atoms with Crippen LogP contribution in [0.3, 0.4) is 0 Å². The summed E-state index contributed by atoms with van der Waals surface area (Å²) in [5, 5.41) is 0. The molecule has 0 spiro atoms. The molecule has 0 unspecified atom stereocenters. The number of carbonyl (C=O) groups is 1. The average Bonchev–Trinajstić information content (AvgIpc) is 1.93. The first-order valence-corrected chi connectivity index (χ1v) is 4.46. The van der Waals surface area contributed by atoms with Gasteiger partial charge in [0.15, 0.2) is 0 Å². The third-order valence-electron chi connectivity index (χ3n) is 2.41. The Balaban J connectivity index is 2.31. The number of rotatable bonds is 1. The maximum absolute atomic E-state index is 10.6. The summed E-state index contributed by atoms with van der Waals surface area (Å²) in [4.78, 5) is 10.6. The van der Waals surface area contributed by atoms with E-state index in [-0.39, 0.29) is 17.6 Å². The second-order valence-corrected chi connectivity index (χ2v) is 3.96. The van der Waals surface area contributed by atoms with Gasteiger partial charge in [-0.25, -0.2) is 0 Å². The summed E-state index contributed by atoms with van der Waals surface area (Å²) in [6.07, 6.45) is 3.83. The van der Waals surface area contributed by atoms with Gasteiger partial charge in [0.2, 0.25) is 0 Å². The molecule has 1 aliphatic carbocycles. The highest BCUT2D eigenvalue weighted by molar-refractivity contribution is 5.66. The molecule has 0 radical (unpaired) electrons. The van der Waals surface area contributed by atoms with E-state index in [4.69, 9.17) is 10.5 Å². The van der Waals surface area contributed by atoms with Crippen molar-refractivity contribution in [1.29, 1.82) is 0 Å². The molecule has 0 amide bonds. The molecule has 3 nitrogen and oxygen atoms in total. The van der Waals surface area contributed by atoms with Crippen LogP contribution in [-0.4, -0.2) is 17.6 Å². The van der Waals surface area contributed by atoms with Crippen molar-refractivity contribution in [3.63, 3.8) is 0 Å². The van der Waals surface area contributed by atoms with Gasteiger partial charge in [0.25, 0.3) is 0 Å². The molecule has 70 valence electrons. The smallest absolute Gasteiger partial charge is 0.302 e. The van der Waals surface area contributed by atoms with Crippen LogP contribution in [0.2, 0.25) is 0 Å². The third kappa shape index (κ3) is 2.81. The van der Waals surface area contributed by atoms with Gasteiger partial charge in [0.05, 0.1) is 0 Å². The van der Waals surface area contributed by atoms with Crippen molar-refractivity contribution in [3.8, 4) is 0 Å². The molecule has 0 heterocycles. The van der Waals surface area contributed by atoms with Crippen LogP contribution in [0.15, 0.2) is 0 Å². The van der Waals surface area contributed by atoms with E-state index in [1.54, 1.807) is 0 Å². The predicted octanol–water partition coefficient (Wildman–Crippen LogP) is 1.21. The molecule has 3 heteroatoms. The Morgan fingerprint density at radius 1 is 1.50 bits per heavy atom. The van der Waals surface area contributed by atoms with E-state index in [2.05, 4.69) is 6.92 Å². The number of hydrogen-bond acceptors (Lipinski definition) is 3. The molecule has 0 atom stereocenters. The van der Waals surface area contributed by atoms with Crippen molar-refractivity contribution in [2.75, 3.05) is 0 Å². The minimum atomic E-state index is -0.180. The second-order valence-electron chi connectivity index (χ2n) is 3.96. The maximum atomic E-state index is 10.6. The Morgan fingerprint density at radius 3 is 2.42 bits per heavy atom. The highest BCUT2D eigenvalue weighted by Crippen LogP contribution is 2.27. The standard InChI is InChI=1S/C9H17NO2/c1-7(11)12-8-3-5-9(2,10)6-4-8/h8H,3-6,10H2,1-2H3. The predicted molar refractivity (Wildman–Crippen MR) is 46.6 cm³/mol. The monoisotopic (exact) mass is 171 g/mol. The van der Waals surface area contributed by atoms with Crippen LogP contribution in [0.1, 0.15) is 39.5 Å². The van der Waals surface area contributed by atoms with Gasteiger partial charge in [0.1, 0.15) is 6.10 Å². The molecular formula is C9H17NO2. The van der Waals surface area contributed by atoms with E-state index in [1.165, 1.54) is 6.92 Å². The molecule has 1 saturated carbocycles. The highest BCUT2D eigenvalue weighted by Gasteiger charge is 2.28. The van der Waals surface area contributed by atoms with E-state index in [0.29, 0.717) is 0 Å². The van der Waals surface area contributed by atoms with E-state index in [1.807, 2.05) is 0 Å². The molecule has 12 heavy (non-hydrogen) atoms. The molecule has 0 saturated heterocycles. The summed E-state index contributed by atoms with van der Waals surface area (Å²) in [7, 11) is 0. The number of ether oxygens (including phenoxy) is 1. The number of esters is 1. The Bertz CT molecular complexity index is 167. The number of hydrogen-bond donors (Lipinski definition) is 1. The van der Waals surface area contributed by atoms with Crippen molar-refractivity contribution in [2.45, 2.75) is 51.2 Å². The molecule has 0 aromatic heterocycles. The molecule has 0 aromatic rings. The minimum Gasteiger partial charge on any atom is -0.463 e. The van der Waals surface area contributed by atoms with Crippen molar-refractivity contribution >= 4 is 5.97 Å². The minimum absolute atomic E-state index is 0.0450. The van der Waals surface area contributed by atoms with Gasteiger partial charge in [-0.15, -0.1) is 0 Å². The van der Waals surface area contributed by atoms with Gasteiger partial charge in [-0.1, -0.05) is 0 Å². The Kier molecular flexibility index (Phi) is 2.73. The van der Waals surface area contributed by atoms with Crippen molar-refractivity contribution in [2.24, 2.45) is 5.73 Å². The zero-order valence-corrected chi connectivity index (χ0v) is 7.80. The van der Waals surface area contributed by atoms with Crippen molar-refractivity contribution in [3.05, 3.63) is 0 Å². The fourth-order valence-corrected chi connectivity index (χ4v) is 1.60. The maximum Gasteiger partial charge on any atom is 0.302 e. The van der Waals surface area contributed by atoms with Gasteiger partial charge < -0.3 is 10.5 Å². The summed E-state index contributed by atoms with van der Waals surface area (Å²) in [6, 6.07) is 0. The molecule has 0 bridgehead atoms. The van der Waals surface area contributed by atoms with Gasteiger partial charge in [-0.2, -0.15) is 0 Å². The van der Waals surface area contributed by atoms with Crippen molar-refractivity contribution < 1.29 is 9.53 Å². The molecule has 1 fully saturated rings. The van der Waals surface area contributed by atoms with Gasteiger partial charge >= 0.3 is 5.97 Å². The SMILES string of the molecule is CC(=O)OC1CCC(C)(N)CC1. The molecular weight excluding hydrogens is 154 g/mol. The second kappa shape index (κ2) is 3.44. The van der Waals surface area contributed by atoms with Gasteiger partial charge in [-0.05, 0) is 32.6 Å². The summed E-state index contributed by atoms with van der Waals surface area (Å²) >= 11 is 0. The first-order chi connectivity index (χ1) is 5.49. The Labute approximate surface area is 73.3 Å². The average molecular weight is 171 g/mol. The summed E-state index contributed by atoms with van der Waals surface area (Å²) < 4.78 is 5.09. The van der Waals surface area contributed by atoms with Crippen molar-refractivity contribution in [1.82, 2.24) is 0 Å². The van der Waals surface area contributed by atoms with Crippen LogP contribution in [-0.2, 0) is 9.53 Å². The third-order valence-corrected chi connectivity index (χ3v) is 2.41. The molecule has 1 rings (SSSR count). The van der Waals surface area contributed by atoms with Crippen LogP contribution in [0.4, 0.5) is 0 Å². The van der Waals surface area contributed by atoms with Gasteiger partial charge in [0, 0.05) is 12.5 Å². The lowest BCUT2D eigenvalue weighted by molar-refractivity contribution is -0.148. The summed E-state index contributed by atoms with van der Waals surface area (Å²) in [6.45, 7) is 3.51. The first kappa shape index (κ1) is 9.52. The molecule has 0 aromatic carbocycles. The van der Waals surface area contributed by atoms with E-state index < -0.39 is 0 Å².